The van der Waals surface area contributed by atoms with E-state index in [0.29, 0.717) is 0 Å². The van der Waals surface area contributed by atoms with E-state index in [0.717, 1.165) is 31.5 Å². The zero-order valence-corrected chi connectivity index (χ0v) is 11.3. The Hall–Kier alpha value is -1.51. The molecule has 0 atom stereocenters. The first kappa shape index (κ1) is 12.9. The van der Waals surface area contributed by atoms with Gasteiger partial charge in [-0.2, -0.15) is 0 Å². The number of hydrogen-bond donors (Lipinski definition) is 2. The molecular formula is C15H22N2O. The number of carbonyl (C=O) groups is 1. The van der Waals surface area contributed by atoms with Crippen LogP contribution in [0.1, 0.15) is 38.7 Å². The predicted octanol–water partition coefficient (Wildman–Crippen LogP) is 3.42. The van der Waals surface area contributed by atoms with E-state index in [1.165, 1.54) is 17.7 Å². The smallest absolute Gasteiger partial charge is 0.227 e. The van der Waals surface area contributed by atoms with Crippen molar-refractivity contribution in [1.82, 2.24) is 0 Å². The molecule has 0 aromatic heterocycles. The monoisotopic (exact) mass is 246 g/mol. The fourth-order valence-electron chi connectivity index (χ4n) is 2.44. The molecular weight excluding hydrogens is 224 g/mol. The minimum absolute atomic E-state index is 0.119. The summed E-state index contributed by atoms with van der Waals surface area (Å²) in [6.07, 6.45) is 4.10. The summed E-state index contributed by atoms with van der Waals surface area (Å²) in [6.45, 7) is 5.14. The van der Waals surface area contributed by atoms with Crippen LogP contribution in [0.15, 0.2) is 18.2 Å². The van der Waals surface area contributed by atoms with Gasteiger partial charge in [0.2, 0.25) is 5.91 Å². The van der Waals surface area contributed by atoms with Gasteiger partial charge in [-0.15, -0.1) is 0 Å². The van der Waals surface area contributed by atoms with Gasteiger partial charge in [0.25, 0.3) is 0 Å². The van der Waals surface area contributed by atoms with Crippen LogP contribution in [0.4, 0.5) is 11.4 Å². The molecule has 2 rings (SSSR count). The van der Waals surface area contributed by atoms with E-state index < -0.39 is 0 Å². The Labute approximate surface area is 109 Å². The summed E-state index contributed by atoms with van der Waals surface area (Å²) < 4.78 is 0. The Morgan fingerprint density at radius 2 is 2.17 bits per heavy atom. The van der Waals surface area contributed by atoms with Crippen molar-refractivity contribution in [3.63, 3.8) is 0 Å². The summed E-state index contributed by atoms with van der Waals surface area (Å²) in [5, 5.41) is 6.40. The molecule has 0 saturated heterocycles. The number of benzene rings is 1. The molecule has 0 radical (unpaired) electrons. The van der Waals surface area contributed by atoms with Crippen LogP contribution in [-0.4, -0.2) is 12.5 Å². The molecule has 1 heterocycles. The van der Waals surface area contributed by atoms with Crippen molar-refractivity contribution in [1.29, 1.82) is 0 Å². The van der Waals surface area contributed by atoms with Gasteiger partial charge in [-0.05, 0) is 43.4 Å². The summed E-state index contributed by atoms with van der Waals surface area (Å²) in [4.78, 5) is 12.0. The normalized spacial score (nSPS) is 13.9. The molecule has 1 amide bonds. The van der Waals surface area contributed by atoms with Crippen LogP contribution in [-0.2, 0) is 11.2 Å². The predicted molar refractivity (Wildman–Crippen MR) is 76.0 cm³/mol. The van der Waals surface area contributed by atoms with E-state index in [1.54, 1.807) is 0 Å². The second-order valence-electron chi connectivity index (χ2n) is 4.90. The van der Waals surface area contributed by atoms with Crippen molar-refractivity contribution in [2.45, 2.75) is 39.5 Å². The highest BCUT2D eigenvalue weighted by atomic mass is 16.1. The Bertz CT molecular complexity index is 425. The Morgan fingerprint density at radius 1 is 1.39 bits per heavy atom. The first-order chi connectivity index (χ1) is 8.74. The number of amides is 1. The summed E-state index contributed by atoms with van der Waals surface area (Å²) >= 11 is 0. The minimum Gasteiger partial charge on any atom is -0.385 e. The summed E-state index contributed by atoms with van der Waals surface area (Å²) in [5.41, 5.74) is 3.42. The third kappa shape index (κ3) is 2.84. The van der Waals surface area contributed by atoms with Crippen LogP contribution in [0, 0.1) is 5.92 Å². The lowest BCUT2D eigenvalue weighted by atomic mass is 10.0. The van der Waals surface area contributed by atoms with Crippen molar-refractivity contribution in [3.8, 4) is 0 Å². The summed E-state index contributed by atoms with van der Waals surface area (Å²) in [5.74, 6) is 0.254. The maximum atomic E-state index is 12.0. The average molecular weight is 246 g/mol. The van der Waals surface area contributed by atoms with Gasteiger partial charge in [-0.25, -0.2) is 0 Å². The number of nitrogens with one attached hydrogen (secondary N) is 2. The third-order valence-electron chi connectivity index (χ3n) is 3.67. The fourth-order valence-corrected chi connectivity index (χ4v) is 2.44. The molecule has 1 aromatic carbocycles. The molecule has 1 aliphatic rings. The lowest BCUT2D eigenvalue weighted by molar-refractivity contribution is -0.120. The molecule has 0 bridgehead atoms. The van der Waals surface area contributed by atoms with E-state index in [2.05, 4.69) is 36.6 Å². The molecule has 1 aromatic rings. The standard InChI is InChI=1S/C15H22N2O/c1-3-11(4-2)15(18)17-13-8-7-12-6-5-9-16-14(12)10-13/h7-8,10-11,16H,3-6,9H2,1-2H3,(H,17,18). The van der Waals surface area contributed by atoms with E-state index in [-0.39, 0.29) is 11.8 Å². The van der Waals surface area contributed by atoms with Crippen LogP contribution < -0.4 is 10.6 Å². The van der Waals surface area contributed by atoms with E-state index in [9.17, 15) is 4.79 Å². The lowest BCUT2D eigenvalue weighted by Crippen LogP contribution is -2.22. The van der Waals surface area contributed by atoms with Crippen molar-refractivity contribution in [2.75, 3.05) is 17.2 Å². The van der Waals surface area contributed by atoms with Gasteiger partial charge < -0.3 is 10.6 Å². The number of anilines is 2. The molecule has 1 aliphatic heterocycles. The Kier molecular flexibility index (Phi) is 4.24. The Balaban J connectivity index is 2.08. The first-order valence-electron chi connectivity index (χ1n) is 6.92. The van der Waals surface area contributed by atoms with Crippen LogP contribution in [0.25, 0.3) is 0 Å². The third-order valence-corrected chi connectivity index (χ3v) is 3.67. The van der Waals surface area contributed by atoms with Crippen molar-refractivity contribution < 1.29 is 4.79 Å². The van der Waals surface area contributed by atoms with Crippen molar-refractivity contribution in [2.24, 2.45) is 5.92 Å². The highest BCUT2D eigenvalue weighted by molar-refractivity contribution is 5.93. The van der Waals surface area contributed by atoms with Gasteiger partial charge in [-0.1, -0.05) is 19.9 Å². The fraction of sp³-hybridized carbons (Fsp3) is 0.533. The number of hydrogen-bond acceptors (Lipinski definition) is 2. The van der Waals surface area contributed by atoms with E-state index in [1.807, 2.05) is 6.07 Å². The zero-order valence-electron chi connectivity index (χ0n) is 11.3. The first-order valence-corrected chi connectivity index (χ1v) is 6.92. The van der Waals surface area contributed by atoms with Gasteiger partial charge in [0.05, 0.1) is 0 Å². The van der Waals surface area contributed by atoms with Gasteiger partial charge in [-0.3, -0.25) is 4.79 Å². The van der Waals surface area contributed by atoms with Crippen LogP contribution >= 0.6 is 0 Å². The average Bonchev–Trinajstić information content (AvgIpc) is 2.40. The Morgan fingerprint density at radius 3 is 2.89 bits per heavy atom. The van der Waals surface area contributed by atoms with Gasteiger partial charge in [0, 0.05) is 23.8 Å². The maximum absolute atomic E-state index is 12.0. The molecule has 3 heteroatoms. The summed E-state index contributed by atoms with van der Waals surface area (Å²) in [6, 6.07) is 6.17. The SMILES string of the molecule is CCC(CC)C(=O)Nc1ccc2c(c1)NCCC2. The van der Waals surface area contributed by atoms with Crippen LogP contribution in [0.2, 0.25) is 0 Å². The second-order valence-corrected chi connectivity index (χ2v) is 4.90. The van der Waals surface area contributed by atoms with E-state index in [4.69, 9.17) is 0 Å². The quantitative estimate of drug-likeness (QED) is 0.854. The highest BCUT2D eigenvalue weighted by Gasteiger charge is 2.15. The van der Waals surface area contributed by atoms with Crippen LogP contribution in [0.5, 0.6) is 0 Å². The van der Waals surface area contributed by atoms with Crippen molar-refractivity contribution >= 4 is 17.3 Å². The molecule has 0 spiro atoms. The molecule has 3 nitrogen and oxygen atoms in total. The molecule has 98 valence electrons. The van der Waals surface area contributed by atoms with Gasteiger partial charge >= 0.3 is 0 Å². The molecule has 0 saturated carbocycles. The molecule has 2 N–H and O–H groups in total. The van der Waals surface area contributed by atoms with Crippen molar-refractivity contribution in [3.05, 3.63) is 23.8 Å². The zero-order chi connectivity index (χ0) is 13.0. The van der Waals surface area contributed by atoms with Gasteiger partial charge in [0.15, 0.2) is 0 Å². The number of fused-ring (bicyclic) bond motifs is 1. The van der Waals surface area contributed by atoms with E-state index >= 15 is 0 Å². The molecule has 0 unspecified atom stereocenters. The number of carbonyl (C=O) groups excluding carboxylic acids is 1. The maximum Gasteiger partial charge on any atom is 0.227 e. The molecule has 18 heavy (non-hydrogen) atoms. The lowest BCUT2D eigenvalue weighted by Gasteiger charge is -2.19. The number of rotatable bonds is 4. The summed E-state index contributed by atoms with van der Waals surface area (Å²) in [7, 11) is 0. The largest absolute Gasteiger partial charge is 0.385 e. The molecule has 0 aliphatic carbocycles. The van der Waals surface area contributed by atoms with Gasteiger partial charge in [0.1, 0.15) is 0 Å². The topological polar surface area (TPSA) is 41.1 Å². The molecule has 0 fully saturated rings. The van der Waals surface area contributed by atoms with Crippen LogP contribution in [0.3, 0.4) is 0 Å². The highest BCUT2D eigenvalue weighted by Crippen LogP contribution is 2.25. The minimum atomic E-state index is 0.119. The second kappa shape index (κ2) is 5.89. The number of aryl methyl sites for hydroxylation is 1.